The molecule has 3 rings (SSSR count). The molecule has 0 N–H and O–H groups in total. The number of ether oxygens (including phenoxy) is 1. The summed E-state index contributed by atoms with van der Waals surface area (Å²) in [4.78, 5) is 16.5. The number of carbonyl (C=O) groups excluding carboxylic acids is 1. The van der Waals surface area contributed by atoms with Gasteiger partial charge in [-0.2, -0.15) is 0 Å². The van der Waals surface area contributed by atoms with Crippen LogP contribution in [0, 0.1) is 0 Å². The number of halogens is 2. The second kappa shape index (κ2) is 6.65. The fourth-order valence-corrected chi connectivity index (χ4v) is 2.95. The van der Waals surface area contributed by atoms with Crippen molar-refractivity contribution in [3.05, 3.63) is 52.3 Å². The fourth-order valence-electron chi connectivity index (χ4n) is 2.49. The van der Waals surface area contributed by atoms with Crippen molar-refractivity contribution in [2.75, 3.05) is 19.7 Å². The van der Waals surface area contributed by atoms with E-state index in [0.717, 1.165) is 23.1 Å². The van der Waals surface area contributed by atoms with Gasteiger partial charge in [-0.25, -0.2) is 4.98 Å². The molecular formula is C16H14Cl2N2O2. The van der Waals surface area contributed by atoms with Gasteiger partial charge in [0.25, 0.3) is 0 Å². The highest BCUT2D eigenvalue weighted by Gasteiger charge is 2.20. The summed E-state index contributed by atoms with van der Waals surface area (Å²) in [5.74, 6) is 0. The van der Waals surface area contributed by atoms with Crippen molar-refractivity contribution in [1.82, 2.24) is 9.88 Å². The minimum atomic E-state index is -0.0855. The maximum Gasteiger partial charge on any atom is 0.209 e. The van der Waals surface area contributed by atoms with Gasteiger partial charge in [0.1, 0.15) is 16.4 Å². The smallest absolute Gasteiger partial charge is 0.209 e. The first-order valence-electron chi connectivity index (χ1n) is 6.90. The Labute approximate surface area is 138 Å². The molecule has 1 amide bonds. The molecule has 1 aromatic heterocycles. The summed E-state index contributed by atoms with van der Waals surface area (Å²) in [6.07, 6.45) is 0.780. The number of aromatic nitrogens is 1. The molecule has 4 nitrogen and oxygen atoms in total. The van der Waals surface area contributed by atoms with Crippen molar-refractivity contribution >= 4 is 29.6 Å². The van der Waals surface area contributed by atoms with E-state index in [4.69, 9.17) is 27.9 Å². The highest BCUT2D eigenvalue weighted by atomic mass is 35.5. The summed E-state index contributed by atoms with van der Waals surface area (Å²) in [6, 6.07) is 11.5. The number of nitrogens with zero attached hydrogens (tertiary/aromatic N) is 2. The third-order valence-corrected chi connectivity index (χ3v) is 4.01. The fraction of sp³-hybridized carbons (Fsp3) is 0.250. The molecule has 1 aliphatic rings. The van der Waals surface area contributed by atoms with Crippen molar-refractivity contribution in [2.24, 2.45) is 0 Å². The van der Waals surface area contributed by atoms with Crippen LogP contribution in [-0.4, -0.2) is 36.0 Å². The normalized spacial score (nSPS) is 18.3. The lowest BCUT2D eigenvalue weighted by Crippen LogP contribution is -2.37. The van der Waals surface area contributed by atoms with Crippen LogP contribution in [0.25, 0.3) is 11.1 Å². The van der Waals surface area contributed by atoms with Gasteiger partial charge in [0, 0.05) is 6.54 Å². The first-order valence-corrected chi connectivity index (χ1v) is 7.65. The maximum absolute atomic E-state index is 10.9. The Kier molecular flexibility index (Phi) is 4.62. The third-order valence-electron chi connectivity index (χ3n) is 3.63. The summed E-state index contributed by atoms with van der Waals surface area (Å²) in [7, 11) is 0. The molecule has 0 bridgehead atoms. The molecule has 1 unspecified atom stereocenters. The summed E-state index contributed by atoms with van der Waals surface area (Å²) < 4.78 is 5.73. The van der Waals surface area contributed by atoms with Crippen LogP contribution in [0.1, 0.15) is 11.7 Å². The van der Waals surface area contributed by atoms with Gasteiger partial charge >= 0.3 is 0 Å². The minimum Gasteiger partial charge on any atom is -0.370 e. The van der Waals surface area contributed by atoms with E-state index in [2.05, 4.69) is 4.98 Å². The molecule has 22 heavy (non-hydrogen) atoms. The lowest BCUT2D eigenvalue weighted by molar-refractivity contribution is -0.125. The number of hydrogen-bond donors (Lipinski definition) is 0. The molecule has 114 valence electrons. The van der Waals surface area contributed by atoms with E-state index < -0.39 is 0 Å². The number of benzene rings is 1. The average Bonchev–Trinajstić information content (AvgIpc) is 2.54. The highest BCUT2D eigenvalue weighted by molar-refractivity contribution is 6.32. The molecule has 1 fully saturated rings. The SMILES string of the molecule is O=CN1CCOC(c2ccc(-c3cc(Cl)nc(Cl)c3)cc2)C1. The Morgan fingerprint density at radius 3 is 2.45 bits per heavy atom. The van der Waals surface area contributed by atoms with E-state index in [9.17, 15) is 4.79 Å². The van der Waals surface area contributed by atoms with Crippen LogP contribution in [0.5, 0.6) is 0 Å². The molecular weight excluding hydrogens is 323 g/mol. The van der Waals surface area contributed by atoms with Crippen molar-refractivity contribution in [2.45, 2.75) is 6.10 Å². The predicted octanol–water partition coefficient (Wildman–Crippen LogP) is 3.59. The molecule has 0 aliphatic carbocycles. The zero-order valence-corrected chi connectivity index (χ0v) is 13.2. The Morgan fingerprint density at radius 1 is 1.14 bits per heavy atom. The molecule has 1 saturated heterocycles. The number of hydrogen-bond acceptors (Lipinski definition) is 3. The van der Waals surface area contributed by atoms with Crippen LogP contribution in [0.4, 0.5) is 0 Å². The number of carbonyl (C=O) groups is 1. The largest absolute Gasteiger partial charge is 0.370 e. The van der Waals surface area contributed by atoms with Gasteiger partial charge in [0.2, 0.25) is 6.41 Å². The van der Waals surface area contributed by atoms with Gasteiger partial charge in [-0.1, -0.05) is 47.5 Å². The van der Waals surface area contributed by atoms with Gasteiger partial charge < -0.3 is 9.64 Å². The number of morpholine rings is 1. The molecule has 0 saturated carbocycles. The summed E-state index contributed by atoms with van der Waals surface area (Å²) >= 11 is 11.9. The lowest BCUT2D eigenvalue weighted by atomic mass is 10.0. The summed E-state index contributed by atoms with van der Waals surface area (Å²) in [6.45, 7) is 1.78. The topological polar surface area (TPSA) is 42.4 Å². The predicted molar refractivity (Wildman–Crippen MR) is 86.0 cm³/mol. The van der Waals surface area contributed by atoms with Crippen molar-refractivity contribution < 1.29 is 9.53 Å². The molecule has 2 aromatic rings. The van der Waals surface area contributed by atoms with E-state index in [1.54, 1.807) is 17.0 Å². The van der Waals surface area contributed by atoms with Crippen LogP contribution < -0.4 is 0 Å². The van der Waals surface area contributed by atoms with Gasteiger partial charge in [-0.15, -0.1) is 0 Å². The zero-order valence-electron chi connectivity index (χ0n) is 11.7. The third kappa shape index (κ3) is 3.40. The monoisotopic (exact) mass is 336 g/mol. The van der Waals surface area contributed by atoms with Crippen molar-refractivity contribution in [1.29, 1.82) is 0 Å². The Hall–Kier alpha value is -1.62. The van der Waals surface area contributed by atoms with Gasteiger partial charge in [0.15, 0.2) is 0 Å². The van der Waals surface area contributed by atoms with E-state index in [-0.39, 0.29) is 6.10 Å². The number of pyridine rings is 1. The van der Waals surface area contributed by atoms with Crippen LogP contribution in [0.3, 0.4) is 0 Å². The number of rotatable bonds is 3. The molecule has 6 heteroatoms. The minimum absolute atomic E-state index is 0.0855. The summed E-state index contributed by atoms with van der Waals surface area (Å²) in [5, 5.41) is 0.729. The Balaban J connectivity index is 1.81. The van der Waals surface area contributed by atoms with E-state index in [1.165, 1.54) is 0 Å². The lowest BCUT2D eigenvalue weighted by Gasteiger charge is -2.30. The van der Waals surface area contributed by atoms with E-state index >= 15 is 0 Å². The summed E-state index contributed by atoms with van der Waals surface area (Å²) in [5.41, 5.74) is 2.95. The highest BCUT2D eigenvalue weighted by Crippen LogP contribution is 2.28. The van der Waals surface area contributed by atoms with Crippen LogP contribution in [-0.2, 0) is 9.53 Å². The molecule has 0 spiro atoms. The second-order valence-electron chi connectivity index (χ2n) is 5.08. The van der Waals surface area contributed by atoms with E-state index in [1.807, 2.05) is 24.3 Å². The van der Waals surface area contributed by atoms with Crippen molar-refractivity contribution in [3.63, 3.8) is 0 Å². The molecule has 1 aliphatic heterocycles. The number of amides is 1. The van der Waals surface area contributed by atoms with Crippen LogP contribution in [0.15, 0.2) is 36.4 Å². The van der Waals surface area contributed by atoms with Gasteiger partial charge in [0.05, 0.1) is 13.2 Å². The maximum atomic E-state index is 10.9. The van der Waals surface area contributed by atoms with E-state index in [0.29, 0.717) is 30.0 Å². The average molecular weight is 337 g/mol. The molecule has 1 aromatic carbocycles. The van der Waals surface area contributed by atoms with Gasteiger partial charge in [-0.05, 0) is 28.8 Å². The zero-order chi connectivity index (χ0) is 15.5. The van der Waals surface area contributed by atoms with Crippen molar-refractivity contribution in [3.8, 4) is 11.1 Å². The second-order valence-corrected chi connectivity index (χ2v) is 5.86. The van der Waals surface area contributed by atoms with Crippen LogP contribution in [0.2, 0.25) is 10.3 Å². The molecule has 0 radical (unpaired) electrons. The van der Waals surface area contributed by atoms with Crippen LogP contribution >= 0.6 is 23.2 Å². The first-order chi connectivity index (χ1) is 10.7. The molecule has 1 atom stereocenters. The Morgan fingerprint density at radius 2 is 1.82 bits per heavy atom. The first kappa shape index (κ1) is 15.3. The Bertz CT molecular complexity index is 656. The standard InChI is InChI=1S/C16H14Cl2N2O2/c17-15-7-13(8-16(18)19-15)11-1-3-12(4-2-11)14-9-20(10-21)5-6-22-14/h1-4,7-8,10,14H,5-6,9H2. The quantitative estimate of drug-likeness (QED) is 0.635. The molecule has 2 heterocycles. The van der Waals surface area contributed by atoms with Gasteiger partial charge in [-0.3, -0.25) is 4.79 Å².